The molecule has 0 bridgehead atoms. The minimum absolute atomic E-state index is 0.365. The van der Waals surface area contributed by atoms with Gasteiger partial charge in [0.05, 0.1) is 12.3 Å². The van der Waals surface area contributed by atoms with Crippen LogP contribution in [0.15, 0.2) is 10.7 Å². The van der Waals surface area contributed by atoms with Crippen molar-refractivity contribution in [2.45, 2.75) is 40.3 Å². The second-order valence-corrected chi connectivity index (χ2v) is 4.35. The summed E-state index contributed by atoms with van der Waals surface area (Å²) in [5.41, 5.74) is 0.877. The molecule has 1 aromatic rings. The van der Waals surface area contributed by atoms with Crippen LogP contribution in [-0.2, 0) is 6.54 Å². The molecule has 4 nitrogen and oxygen atoms in total. The van der Waals surface area contributed by atoms with Crippen LogP contribution in [-0.4, -0.2) is 17.6 Å². The first-order chi connectivity index (χ1) is 7.08. The van der Waals surface area contributed by atoms with Crippen LogP contribution in [0.3, 0.4) is 0 Å². The molecule has 0 spiro atoms. The van der Waals surface area contributed by atoms with Crippen LogP contribution in [0.5, 0.6) is 6.08 Å². The zero-order valence-corrected chi connectivity index (χ0v) is 9.91. The van der Waals surface area contributed by atoms with E-state index in [1.54, 1.807) is 6.26 Å². The van der Waals surface area contributed by atoms with Crippen molar-refractivity contribution in [2.75, 3.05) is 6.61 Å². The highest BCUT2D eigenvalue weighted by Crippen LogP contribution is 2.11. The molecule has 0 saturated carbocycles. The fraction of sp³-hybridized carbons (Fsp3) is 0.727. The summed E-state index contributed by atoms with van der Waals surface area (Å²) in [5.74, 6) is 0.481. The van der Waals surface area contributed by atoms with Gasteiger partial charge in [-0.3, -0.25) is 0 Å². The Morgan fingerprint density at radius 3 is 2.73 bits per heavy atom. The Morgan fingerprint density at radius 1 is 1.40 bits per heavy atom. The maximum absolute atomic E-state index is 5.35. The van der Waals surface area contributed by atoms with E-state index in [0.717, 1.165) is 5.69 Å². The van der Waals surface area contributed by atoms with Crippen molar-refractivity contribution < 1.29 is 9.15 Å². The third-order valence-corrected chi connectivity index (χ3v) is 1.76. The van der Waals surface area contributed by atoms with Gasteiger partial charge in [-0.05, 0) is 5.92 Å². The third-order valence-electron chi connectivity index (χ3n) is 1.76. The average molecular weight is 212 g/mol. The molecule has 0 amide bonds. The largest absolute Gasteiger partial charge is 0.450 e. The number of nitrogens with one attached hydrogen (secondary N) is 1. The monoisotopic (exact) mass is 212 g/mol. The van der Waals surface area contributed by atoms with Crippen molar-refractivity contribution in [1.82, 2.24) is 10.3 Å². The Bertz CT molecular complexity index is 255. The number of oxazole rings is 1. The van der Waals surface area contributed by atoms with E-state index in [0.29, 0.717) is 31.2 Å². The second-order valence-electron chi connectivity index (χ2n) is 4.35. The topological polar surface area (TPSA) is 47.3 Å². The number of aromatic nitrogens is 1. The van der Waals surface area contributed by atoms with Crippen molar-refractivity contribution >= 4 is 0 Å². The number of nitrogens with zero attached hydrogens (tertiary/aromatic N) is 1. The molecule has 0 unspecified atom stereocenters. The van der Waals surface area contributed by atoms with Crippen LogP contribution < -0.4 is 10.1 Å². The van der Waals surface area contributed by atoms with Gasteiger partial charge in [-0.25, -0.2) is 0 Å². The molecule has 0 aliphatic carbocycles. The van der Waals surface area contributed by atoms with Crippen molar-refractivity contribution in [2.24, 2.45) is 5.92 Å². The SMILES string of the molecule is CC(C)COc1nc(CNC(C)C)co1. The van der Waals surface area contributed by atoms with Gasteiger partial charge in [-0.2, -0.15) is 4.98 Å². The molecule has 0 radical (unpaired) electrons. The molecular formula is C11H20N2O2. The Labute approximate surface area is 91.0 Å². The highest BCUT2D eigenvalue weighted by Gasteiger charge is 2.06. The standard InChI is InChI=1S/C11H20N2O2/c1-8(2)6-14-11-13-10(7-15-11)5-12-9(3)4/h7-9,12H,5-6H2,1-4H3. The summed E-state index contributed by atoms with van der Waals surface area (Å²) in [5, 5.41) is 3.26. The lowest BCUT2D eigenvalue weighted by Gasteiger charge is -2.04. The normalized spacial score (nSPS) is 11.3. The molecule has 15 heavy (non-hydrogen) atoms. The minimum Gasteiger partial charge on any atom is -0.450 e. The van der Waals surface area contributed by atoms with Crippen LogP contribution in [0.25, 0.3) is 0 Å². The predicted octanol–water partition coefficient (Wildman–Crippen LogP) is 2.21. The van der Waals surface area contributed by atoms with Gasteiger partial charge in [0.2, 0.25) is 0 Å². The third kappa shape index (κ3) is 4.83. The van der Waals surface area contributed by atoms with E-state index in [4.69, 9.17) is 9.15 Å². The van der Waals surface area contributed by atoms with Gasteiger partial charge < -0.3 is 14.5 Å². The van der Waals surface area contributed by atoms with Crippen molar-refractivity contribution in [3.8, 4) is 6.08 Å². The van der Waals surface area contributed by atoms with E-state index in [-0.39, 0.29) is 0 Å². The van der Waals surface area contributed by atoms with Crippen LogP contribution in [0.4, 0.5) is 0 Å². The van der Waals surface area contributed by atoms with Gasteiger partial charge >= 0.3 is 6.08 Å². The van der Waals surface area contributed by atoms with Gasteiger partial charge in [0.25, 0.3) is 0 Å². The average Bonchev–Trinajstić information content (AvgIpc) is 2.59. The van der Waals surface area contributed by atoms with Crippen LogP contribution in [0.1, 0.15) is 33.4 Å². The molecule has 1 heterocycles. The first-order valence-electron chi connectivity index (χ1n) is 5.38. The summed E-state index contributed by atoms with van der Waals surface area (Å²) >= 11 is 0. The lowest BCUT2D eigenvalue weighted by molar-refractivity contribution is 0.202. The van der Waals surface area contributed by atoms with E-state index >= 15 is 0 Å². The zero-order chi connectivity index (χ0) is 11.3. The number of hydrogen-bond acceptors (Lipinski definition) is 4. The Hall–Kier alpha value is -1.03. The highest BCUT2D eigenvalue weighted by atomic mass is 16.6. The Balaban J connectivity index is 2.35. The van der Waals surface area contributed by atoms with Crippen LogP contribution in [0, 0.1) is 5.92 Å². The number of hydrogen-bond donors (Lipinski definition) is 1. The molecule has 0 fully saturated rings. The van der Waals surface area contributed by atoms with Gasteiger partial charge in [-0.15, -0.1) is 0 Å². The Morgan fingerprint density at radius 2 is 2.13 bits per heavy atom. The lowest BCUT2D eigenvalue weighted by atomic mass is 10.2. The molecule has 1 aromatic heterocycles. The van der Waals surface area contributed by atoms with Crippen LogP contribution in [0.2, 0.25) is 0 Å². The van der Waals surface area contributed by atoms with Crippen LogP contribution >= 0.6 is 0 Å². The first-order valence-corrected chi connectivity index (χ1v) is 5.38. The summed E-state index contributed by atoms with van der Waals surface area (Å²) in [6.45, 7) is 9.71. The molecule has 0 aliphatic heterocycles. The maximum atomic E-state index is 5.35. The van der Waals surface area contributed by atoms with E-state index in [2.05, 4.69) is 38.0 Å². The predicted molar refractivity (Wildman–Crippen MR) is 58.8 cm³/mol. The summed E-state index contributed by atoms with van der Waals surface area (Å²) in [6.07, 6.45) is 2.00. The fourth-order valence-corrected chi connectivity index (χ4v) is 0.983. The molecule has 0 aromatic carbocycles. The smallest absolute Gasteiger partial charge is 0.393 e. The van der Waals surface area contributed by atoms with Gasteiger partial charge in [0.1, 0.15) is 6.26 Å². The van der Waals surface area contributed by atoms with E-state index in [1.807, 2.05) is 0 Å². The number of ether oxygens (including phenoxy) is 1. The molecule has 0 atom stereocenters. The summed E-state index contributed by atoms with van der Waals surface area (Å²) in [6, 6.07) is 0.446. The van der Waals surface area contributed by atoms with Crippen molar-refractivity contribution in [3.05, 3.63) is 12.0 Å². The zero-order valence-electron chi connectivity index (χ0n) is 9.91. The van der Waals surface area contributed by atoms with Crippen molar-refractivity contribution in [1.29, 1.82) is 0 Å². The van der Waals surface area contributed by atoms with Gasteiger partial charge in [0, 0.05) is 12.6 Å². The molecule has 0 saturated heterocycles. The fourth-order valence-electron chi connectivity index (χ4n) is 0.983. The molecule has 4 heteroatoms. The number of rotatable bonds is 6. The molecule has 1 rings (SSSR count). The minimum atomic E-state index is 0.365. The van der Waals surface area contributed by atoms with E-state index in [1.165, 1.54) is 0 Å². The molecule has 1 N–H and O–H groups in total. The van der Waals surface area contributed by atoms with E-state index < -0.39 is 0 Å². The second kappa shape index (κ2) is 5.75. The Kier molecular flexibility index (Phi) is 4.62. The summed E-state index contributed by atoms with van der Waals surface area (Å²) < 4.78 is 10.5. The van der Waals surface area contributed by atoms with Gasteiger partial charge in [-0.1, -0.05) is 27.7 Å². The van der Waals surface area contributed by atoms with E-state index in [9.17, 15) is 0 Å². The molecule has 0 aliphatic rings. The molecular weight excluding hydrogens is 192 g/mol. The summed E-state index contributed by atoms with van der Waals surface area (Å²) in [4.78, 5) is 4.20. The highest BCUT2D eigenvalue weighted by molar-refractivity contribution is 4.99. The quantitative estimate of drug-likeness (QED) is 0.785. The maximum Gasteiger partial charge on any atom is 0.393 e. The van der Waals surface area contributed by atoms with Gasteiger partial charge in [0.15, 0.2) is 0 Å². The lowest BCUT2D eigenvalue weighted by Crippen LogP contribution is -2.21. The first kappa shape index (κ1) is 12.0. The summed E-state index contributed by atoms with van der Waals surface area (Å²) in [7, 11) is 0. The molecule has 86 valence electrons. The van der Waals surface area contributed by atoms with Crippen molar-refractivity contribution in [3.63, 3.8) is 0 Å².